The van der Waals surface area contributed by atoms with E-state index in [1.165, 1.54) is 4.31 Å². The van der Waals surface area contributed by atoms with Gasteiger partial charge >= 0.3 is 0 Å². The van der Waals surface area contributed by atoms with Crippen molar-refractivity contribution in [3.8, 4) is 0 Å². The summed E-state index contributed by atoms with van der Waals surface area (Å²) < 4.78 is 28.8. The van der Waals surface area contributed by atoms with E-state index in [-0.39, 0.29) is 15.4 Å². The molecule has 0 bridgehead atoms. The van der Waals surface area contributed by atoms with Crippen LogP contribution in [0.5, 0.6) is 0 Å². The van der Waals surface area contributed by atoms with Gasteiger partial charge in [-0.05, 0) is 31.7 Å². The quantitative estimate of drug-likeness (QED) is 0.456. The van der Waals surface area contributed by atoms with Crippen LogP contribution in [-0.4, -0.2) is 77.8 Å². The van der Waals surface area contributed by atoms with Gasteiger partial charge in [0, 0.05) is 38.8 Å². The van der Waals surface area contributed by atoms with Gasteiger partial charge in [0.2, 0.25) is 6.41 Å². The molecule has 3 aromatic rings. The van der Waals surface area contributed by atoms with Gasteiger partial charge in [0.05, 0.1) is 15.9 Å². The first-order valence-electron chi connectivity index (χ1n) is 10.1. The summed E-state index contributed by atoms with van der Waals surface area (Å²) in [5, 5.41) is 8.27. The number of sulfonamides is 1. The van der Waals surface area contributed by atoms with E-state index in [1.807, 2.05) is 6.92 Å². The van der Waals surface area contributed by atoms with Crippen LogP contribution in [0.15, 0.2) is 15.9 Å². The van der Waals surface area contributed by atoms with Gasteiger partial charge in [0.15, 0.2) is 9.34 Å². The largest absolute Gasteiger partial charge is 0.365 e. The molecule has 10 nitrogen and oxygen atoms in total. The number of hydrogen-bond acceptors (Lipinski definition) is 10. The Morgan fingerprint density at radius 1 is 1.22 bits per heavy atom. The minimum atomic E-state index is -3.64. The van der Waals surface area contributed by atoms with Crippen LogP contribution in [0.4, 0.5) is 10.9 Å². The van der Waals surface area contributed by atoms with Crippen molar-refractivity contribution in [3.05, 3.63) is 23.0 Å². The van der Waals surface area contributed by atoms with E-state index < -0.39 is 10.0 Å². The van der Waals surface area contributed by atoms with Gasteiger partial charge in [-0.25, -0.2) is 23.4 Å². The van der Waals surface area contributed by atoms with Crippen molar-refractivity contribution < 1.29 is 13.2 Å². The number of carbonyl (C=O) groups excluding carboxylic acids is 1. The molecule has 1 atom stereocenters. The van der Waals surface area contributed by atoms with Crippen LogP contribution < -0.4 is 10.6 Å². The molecule has 1 fully saturated rings. The Labute approximate surface area is 194 Å². The number of nitrogens with zero attached hydrogens (tertiary/aromatic N) is 5. The number of rotatable bonds is 8. The molecule has 0 aromatic carbocycles. The maximum absolute atomic E-state index is 13.1. The number of thiazole rings is 1. The fraction of sp³-hybridized carbons (Fsp3) is 0.474. The van der Waals surface area contributed by atoms with Crippen LogP contribution in [0, 0.1) is 13.8 Å². The third-order valence-corrected chi connectivity index (χ3v) is 9.96. The SMILES string of the molecule is Cc1nc(NC=O)sc1S(=O)(=O)N1CCN(CC(C)Nc2ncnc3c(C)csc23)CC1. The molecule has 0 saturated carbocycles. The molecule has 0 spiro atoms. The monoisotopic (exact) mass is 495 g/mol. The predicted molar refractivity (Wildman–Crippen MR) is 127 cm³/mol. The molecule has 2 N–H and O–H groups in total. The van der Waals surface area contributed by atoms with Gasteiger partial charge in [-0.2, -0.15) is 4.31 Å². The minimum Gasteiger partial charge on any atom is -0.365 e. The fourth-order valence-electron chi connectivity index (χ4n) is 3.74. The second-order valence-electron chi connectivity index (χ2n) is 7.72. The van der Waals surface area contributed by atoms with Crippen molar-refractivity contribution in [1.29, 1.82) is 0 Å². The smallest absolute Gasteiger partial charge is 0.254 e. The van der Waals surface area contributed by atoms with Crippen LogP contribution in [0.2, 0.25) is 0 Å². The summed E-state index contributed by atoms with van der Waals surface area (Å²) >= 11 is 2.62. The Hall–Kier alpha value is -2.19. The number of anilines is 2. The third-order valence-electron chi connectivity index (χ3n) is 5.29. The van der Waals surface area contributed by atoms with Gasteiger partial charge in [-0.3, -0.25) is 9.69 Å². The number of fused-ring (bicyclic) bond motifs is 1. The van der Waals surface area contributed by atoms with E-state index in [1.54, 1.807) is 24.6 Å². The minimum absolute atomic E-state index is 0.138. The molecular weight excluding hydrogens is 470 g/mol. The highest BCUT2D eigenvalue weighted by atomic mass is 32.2. The van der Waals surface area contributed by atoms with Crippen LogP contribution in [-0.2, 0) is 14.8 Å². The van der Waals surface area contributed by atoms with Crippen LogP contribution in [0.3, 0.4) is 0 Å². The number of carbonyl (C=O) groups is 1. The Balaban J connectivity index is 1.35. The summed E-state index contributed by atoms with van der Waals surface area (Å²) in [4.78, 5) is 25.8. The average molecular weight is 496 g/mol. The maximum atomic E-state index is 13.1. The Bertz CT molecular complexity index is 1220. The van der Waals surface area contributed by atoms with Gasteiger partial charge in [0.25, 0.3) is 10.0 Å². The van der Waals surface area contributed by atoms with E-state index in [0.717, 1.165) is 39.5 Å². The van der Waals surface area contributed by atoms with Crippen LogP contribution >= 0.6 is 22.7 Å². The second-order valence-corrected chi connectivity index (χ2v) is 11.7. The first-order valence-corrected chi connectivity index (χ1v) is 13.3. The molecule has 1 aliphatic rings. The highest BCUT2D eigenvalue weighted by molar-refractivity contribution is 7.91. The normalized spacial score (nSPS) is 16.8. The van der Waals surface area contributed by atoms with Crippen LogP contribution in [0.25, 0.3) is 10.2 Å². The van der Waals surface area contributed by atoms with Gasteiger partial charge < -0.3 is 10.6 Å². The molecule has 4 heterocycles. The van der Waals surface area contributed by atoms with Crippen molar-refractivity contribution in [2.75, 3.05) is 43.4 Å². The Kier molecular flexibility index (Phi) is 6.72. The number of nitrogens with one attached hydrogen (secondary N) is 2. The van der Waals surface area contributed by atoms with Crippen LogP contribution in [0.1, 0.15) is 18.2 Å². The van der Waals surface area contributed by atoms with Gasteiger partial charge in [0.1, 0.15) is 12.1 Å². The summed E-state index contributed by atoms with van der Waals surface area (Å²) in [5.74, 6) is 0.835. The highest BCUT2D eigenvalue weighted by Gasteiger charge is 2.32. The standard InChI is InChI=1S/C19H25N7O3S3/c1-12-9-30-16-15(12)20-10-21-17(16)23-13(2)8-25-4-6-26(7-5-25)32(28,29)18-14(3)24-19(31-18)22-11-27/h9-11,13H,4-8H2,1-3H3,(H,20,21,23)(H,22,24,27). The number of hydrogen-bond donors (Lipinski definition) is 2. The first kappa shape index (κ1) is 23.0. The summed E-state index contributed by atoms with van der Waals surface area (Å²) in [6.45, 7) is 8.65. The maximum Gasteiger partial charge on any atom is 0.254 e. The summed E-state index contributed by atoms with van der Waals surface area (Å²) in [6.07, 6.45) is 2.08. The highest BCUT2D eigenvalue weighted by Crippen LogP contribution is 2.31. The molecule has 4 rings (SSSR count). The van der Waals surface area contributed by atoms with Crippen molar-refractivity contribution in [2.24, 2.45) is 0 Å². The molecule has 172 valence electrons. The second kappa shape index (κ2) is 9.35. The average Bonchev–Trinajstić information content (AvgIpc) is 3.32. The molecule has 0 aliphatic carbocycles. The van der Waals surface area contributed by atoms with Crippen molar-refractivity contribution in [2.45, 2.75) is 31.0 Å². The molecule has 32 heavy (non-hydrogen) atoms. The molecule has 3 aromatic heterocycles. The number of thiophene rings is 1. The molecule has 1 amide bonds. The molecule has 13 heteroatoms. The topological polar surface area (TPSA) is 120 Å². The van der Waals surface area contributed by atoms with E-state index in [0.29, 0.717) is 38.3 Å². The number of amides is 1. The van der Waals surface area contributed by atoms with E-state index in [9.17, 15) is 13.2 Å². The lowest BCUT2D eigenvalue weighted by atomic mass is 10.2. The van der Waals surface area contributed by atoms with Gasteiger partial charge in [-0.1, -0.05) is 11.3 Å². The first-order chi connectivity index (χ1) is 15.3. The number of aromatic nitrogens is 3. The molecule has 1 unspecified atom stereocenters. The lowest BCUT2D eigenvalue weighted by Gasteiger charge is -2.35. The predicted octanol–water partition coefficient (Wildman–Crippen LogP) is 2.14. The lowest BCUT2D eigenvalue weighted by molar-refractivity contribution is -0.105. The van der Waals surface area contributed by atoms with E-state index >= 15 is 0 Å². The zero-order valence-corrected chi connectivity index (χ0v) is 20.5. The van der Waals surface area contributed by atoms with E-state index in [2.05, 4.69) is 42.8 Å². The number of piperazine rings is 1. The molecule has 1 saturated heterocycles. The zero-order chi connectivity index (χ0) is 22.9. The molecule has 0 radical (unpaired) electrons. The lowest BCUT2D eigenvalue weighted by Crippen LogP contribution is -2.50. The molecule has 1 aliphatic heterocycles. The fourth-order valence-corrected chi connectivity index (χ4v) is 7.63. The summed E-state index contributed by atoms with van der Waals surface area (Å²) in [5.41, 5.74) is 2.52. The third kappa shape index (κ3) is 4.62. The van der Waals surface area contributed by atoms with E-state index in [4.69, 9.17) is 0 Å². The summed E-state index contributed by atoms with van der Waals surface area (Å²) in [7, 11) is -3.64. The Morgan fingerprint density at radius 2 is 1.97 bits per heavy atom. The van der Waals surface area contributed by atoms with Crippen molar-refractivity contribution in [3.63, 3.8) is 0 Å². The zero-order valence-electron chi connectivity index (χ0n) is 18.0. The van der Waals surface area contributed by atoms with Crippen molar-refractivity contribution in [1.82, 2.24) is 24.2 Å². The Morgan fingerprint density at radius 3 is 2.69 bits per heavy atom. The molecular formula is C19H25N7O3S3. The van der Waals surface area contributed by atoms with Crippen molar-refractivity contribution >= 4 is 60.3 Å². The van der Waals surface area contributed by atoms with Gasteiger partial charge in [-0.15, -0.1) is 11.3 Å². The number of aryl methyl sites for hydroxylation is 2. The summed E-state index contributed by atoms with van der Waals surface area (Å²) in [6, 6.07) is 0.138.